The summed E-state index contributed by atoms with van der Waals surface area (Å²) in [6.07, 6.45) is 2.55. The summed E-state index contributed by atoms with van der Waals surface area (Å²) in [4.78, 5) is 11.5. The second-order valence-corrected chi connectivity index (χ2v) is 4.38. The molecule has 0 spiro atoms. The number of benzene rings is 1. The smallest absolute Gasteiger partial charge is 0.430 e. The Bertz CT molecular complexity index is 490. The van der Waals surface area contributed by atoms with Crippen molar-refractivity contribution in [2.24, 2.45) is 0 Å². The third-order valence-corrected chi connectivity index (χ3v) is 2.70. The predicted molar refractivity (Wildman–Crippen MR) is 76.9 cm³/mol. The second-order valence-electron chi connectivity index (χ2n) is 4.38. The molecule has 0 aliphatic rings. The molecular formula is C16H20O3. The molecule has 0 bridgehead atoms. The van der Waals surface area contributed by atoms with Crippen molar-refractivity contribution in [2.45, 2.75) is 27.7 Å². The lowest BCUT2D eigenvalue weighted by atomic mass is 9.98. The van der Waals surface area contributed by atoms with E-state index >= 15 is 0 Å². The molecule has 0 aliphatic carbocycles. The number of rotatable bonds is 4. The lowest BCUT2D eigenvalue weighted by Crippen LogP contribution is -2.08. The van der Waals surface area contributed by atoms with Crippen LogP contribution in [0.1, 0.15) is 29.2 Å². The molecule has 1 aromatic carbocycles. The summed E-state index contributed by atoms with van der Waals surface area (Å²) in [5.41, 5.74) is 4.26. The highest BCUT2D eigenvalue weighted by Crippen LogP contribution is 2.25. The van der Waals surface area contributed by atoms with E-state index in [1.807, 2.05) is 27.7 Å². The van der Waals surface area contributed by atoms with Crippen LogP contribution in [0.4, 0.5) is 4.79 Å². The normalized spacial score (nSPS) is 11.1. The molecule has 0 saturated heterocycles. The Labute approximate surface area is 114 Å². The summed E-state index contributed by atoms with van der Waals surface area (Å²) in [6, 6.07) is 4.12. The number of allylic oxidation sites excluding steroid dienone is 1. The quantitative estimate of drug-likeness (QED) is 0.459. The Hall–Kier alpha value is -2.03. The predicted octanol–water partition coefficient (Wildman–Crippen LogP) is 4.31. The van der Waals surface area contributed by atoms with Crippen LogP contribution in [0.15, 0.2) is 30.9 Å². The van der Waals surface area contributed by atoms with Crippen LogP contribution in [0.5, 0.6) is 0 Å². The van der Waals surface area contributed by atoms with Gasteiger partial charge in [0.2, 0.25) is 0 Å². The van der Waals surface area contributed by atoms with Crippen LogP contribution in [0.2, 0.25) is 0 Å². The van der Waals surface area contributed by atoms with Gasteiger partial charge in [-0.3, -0.25) is 0 Å². The average molecular weight is 260 g/mol. The molecule has 102 valence electrons. The summed E-state index contributed by atoms with van der Waals surface area (Å²) in [6.45, 7) is 11.5. The molecule has 0 saturated carbocycles. The Morgan fingerprint density at radius 2 is 1.84 bits per heavy atom. The monoisotopic (exact) mass is 260 g/mol. The van der Waals surface area contributed by atoms with Crippen molar-refractivity contribution in [3.8, 4) is 0 Å². The molecular weight excluding hydrogens is 240 g/mol. The van der Waals surface area contributed by atoms with E-state index < -0.39 is 6.16 Å². The summed E-state index contributed by atoms with van der Waals surface area (Å²) < 4.78 is 10.1. The molecule has 0 N–H and O–H groups in total. The average Bonchev–Trinajstić information content (AvgIpc) is 2.33. The standard InChI is InChI=1S/C16H20O3/c1-6-8-18-16(17)19-14(7-2)15-12(4)9-11(3)10-13(15)5/h6-7,9-10H,1,8H2,2-5H3/b14-7+. The van der Waals surface area contributed by atoms with Crippen LogP contribution in [0.3, 0.4) is 0 Å². The molecule has 0 amide bonds. The van der Waals surface area contributed by atoms with Crippen LogP contribution >= 0.6 is 0 Å². The zero-order chi connectivity index (χ0) is 14.4. The maximum Gasteiger partial charge on any atom is 0.514 e. The van der Waals surface area contributed by atoms with Crippen molar-refractivity contribution < 1.29 is 14.3 Å². The van der Waals surface area contributed by atoms with Gasteiger partial charge in [-0.05, 0) is 44.9 Å². The van der Waals surface area contributed by atoms with Crippen molar-refractivity contribution in [2.75, 3.05) is 6.61 Å². The maximum absolute atomic E-state index is 11.5. The molecule has 0 aliphatic heterocycles. The van der Waals surface area contributed by atoms with Crippen molar-refractivity contribution in [3.05, 3.63) is 53.1 Å². The first-order chi connectivity index (χ1) is 8.99. The lowest BCUT2D eigenvalue weighted by molar-refractivity contribution is 0.100. The van der Waals surface area contributed by atoms with Gasteiger partial charge in [-0.2, -0.15) is 0 Å². The first-order valence-corrected chi connectivity index (χ1v) is 6.19. The molecule has 1 aromatic rings. The third kappa shape index (κ3) is 3.98. The molecule has 0 atom stereocenters. The number of ether oxygens (including phenoxy) is 2. The number of hydrogen-bond acceptors (Lipinski definition) is 3. The SMILES string of the molecule is C=CCOC(=O)O/C(=C/C)c1c(C)cc(C)cc1C. The van der Waals surface area contributed by atoms with Crippen LogP contribution < -0.4 is 0 Å². The van der Waals surface area contributed by atoms with Crippen LogP contribution in [0, 0.1) is 20.8 Å². The van der Waals surface area contributed by atoms with Crippen LogP contribution in [-0.4, -0.2) is 12.8 Å². The van der Waals surface area contributed by atoms with Gasteiger partial charge in [0.25, 0.3) is 0 Å². The van der Waals surface area contributed by atoms with Gasteiger partial charge in [-0.1, -0.05) is 30.4 Å². The molecule has 0 radical (unpaired) electrons. The van der Waals surface area contributed by atoms with Crippen molar-refractivity contribution in [1.29, 1.82) is 0 Å². The van der Waals surface area contributed by atoms with Crippen LogP contribution in [0.25, 0.3) is 5.76 Å². The summed E-state index contributed by atoms with van der Waals surface area (Å²) >= 11 is 0. The Morgan fingerprint density at radius 1 is 1.26 bits per heavy atom. The van der Waals surface area contributed by atoms with E-state index in [0.29, 0.717) is 5.76 Å². The minimum atomic E-state index is -0.715. The topological polar surface area (TPSA) is 35.5 Å². The van der Waals surface area contributed by atoms with Gasteiger partial charge in [0, 0.05) is 5.56 Å². The highest BCUT2D eigenvalue weighted by atomic mass is 16.7. The third-order valence-electron chi connectivity index (χ3n) is 2.70. The highest BCUT2D eigenvalue weighted by molar-refractivity contribution is 5.75. The van der Waals surface area contributed by atoms with Gasteiger partial charge < -0.3 is 9.47 Å². The number of hydrogen-bond donors (Lipinski definition) is 0. The molecule has 0 fully saturated rings. The van der Waals surface area contributed by atoms with E-state index in [1.165, 1.54) is 11.6 Å². The van der Waals surface area contributed by atoms with E-state index in [9.17, 15) is 4.79 Å². The Morgan fingerprint density at radius 3 is 2.32 bits per heavy atom. The van der Waals surface area contributed by atoms with E-state index in [1.54, 1.807) is 6.08 Å². The fourth-order valence-electron chi connectivity index (χ4n) is 2.07. The maximum atomic E-state index is 11.5. The van der Waals surface area contributed by atoms with Gasteiger partial charge in [0.05, 0.1) is 0 Å². The van der Waals surface area contributed by atoms with E-state index in [0.717, 1.165) is 16.7 Å². The van der Waals surface area contributed by atoms with Crippen molar-refractivity contribution in [1.82, 2.24) is 0 Å². The van der Waals surface area contributed by atoms with Gasteiger partial charge in [-0.15, -0.1) is 0 Å². The van der Waals surface area contributed by atoms with Gasteiger partial charge in [0.1, 0.15) is 12.4 Å². The number of carbonyl (C=O) groups excluding carboxylic acids is 1. The van der Waals surface area contributed by atoms with E-state index in [2.05, 4.69) is 18.7 Å². The fourth-order valence-corrected chi connectivity index (χ4v) is 2.07. The highest BCUT2D eigenvalue weighted by Gasteiger charge is 2.14. The molecule has 19 heavy (non-hydrogen) atoms. The minimum absolute atomic E-state index is 0.141. The number of carbonyl (C=O) groups is 1. The summed E-state index contributed by atoms with van der Waals surface area (Å²) in [5.74, 6) is 0.518. The summed E-state index contributed by atoms with van der Waals surface area (Å²) in [5, 5.41) is 0. The molecule has 0 heterocycles. The molecule has 0 unspecified atom stereocenters. The largest absolute Gasteiger partial charge is 0.514 e. The Balaban J connectivity index is 2.99. The fraction of sp³-hybridized carbons (Fsp3) is 0.312. The number of aryl methyl sites for hydroxylation is 3. The first-order valence-electron chi connectivity index (χ1n) is 6.19. The Kier molecular flexibility index (Phi) is 5.37. The van der Waals surface area contributed by atoms with Crippen molar-refractivity contribution >= 4 is 11.9 Å². The molecule has 3 nitrogen and oxygen atoms in total. The van der Waals surface area contributed by atoms with Gasteiger partial charge >= 0.3 is 6.16 Å². The van der Waals surface area contributed by atoms with Gasteiger partial charge in [0.15, 0.2) is 0 Å². The first kappa shape index (κ1) is 15.0. The van der Waals surface area contributed by atoms with E-state index in [4.69, 9.17) is 9.47 Å². The summed E-state index contributed by atoms with van der Waals surface area (Å²) in [7, 11) is 0. The minimum Gasteiger partial charge on any atom is -0.430 e. The zero-order valence-electron chi connectivity index (χ0n) is 11.9. The molecule has 0 aromatic heterocycles. The van der Waals surface area contributed by atoms with Crippen LogP contribution in [-0.2, 0) is 9.47 Å². The molecule has 1 rings (SSSR count). The van der Waals surface area contributed by atoms with Gasteiger partial charge in [-0.25, -0.2) is 4.79 Å². The van der Waals surface area contributed by atoms with E-state index in [-0.39, 0.29) is 6.61 Å². The lowest BCUT2D eigenvalue weighted by Gasteiger charge is -2.14. The zero-order valence-corrected chi connectivity index (χ0v) is 11.9. The van der Waals surface area contributed by atoms with Crippen molar-refractivity contribution in [3.63, 3.8) is 0 Å². The second kappa shape index (κ2) is 6.78. The molecule has 3 heteroatoms.